The molecule has 1 amide bonds. The third-order valence-corrected chi connectivity index (χ3v) is 5.35. The highest BCUT2D eigenvalue weighted by molar-refractivity contribution is 6.51. The number of ketones is 1. The van der Waals surface area contributed by atoms with Crippen molar-refractivity contribution < 1.29 is 24.2 Å². The minimum absolute atomic E-state index is 0.0419. The molecule has 6 nitrogen and oxygen atoms in total. The molecule has 0 saturated carbocycles. The van der Waals surface area contributed by atoms with Crippen LogP contribution in [-0.2, 0) is 9.59 Å². The molecule has 0 aromatic heterocycles. The Balaban J connectivity index is 1.87. The Morgan fingerprint density at radius 3 is 2.12 bits per heavy atom. The van der Waals surface area contributed by atoms with Crippen LogP contribution in [0.25, 0.3) is 5.76 Å². The fourth-order valence-corrected chi connectivity index (χ4v) is 3.82. The first-order valence-corrected chi connectivity index (χ1v) is 10.3. The minimum atomic E-state index is -0.793. The maximum absolute atomic E-state index is 13.1. The molecule has 1 heterocycles. The van der Waals surface area contributed by atoms with Crippen molar-refractivity contribution in [1.29, 1.82) is 0 Å². The van der Waals surface area contributed by atoms with Crippen molar-refractivity contribution in [2.24, 2.45) is 0 Å². The molecule has 1 saturated heterocycles. The summed E-state index contributed by atoms with van der Waals surface area (Å²) in [7, 11) is 1.57. The molecule has 32 heavy (non-hydrogen) atoms. The number of hydrogen-bond donors (Lipinski definition) is 1. The molecular weight excluding hydrogens is 406 g/mol. The monoisotopic (exact) mass is 429 g/mol. The predicted octanol–water partition coefficient (Wildman–Crippen LogP) is 4.72. The largest absolute Gasteiger partial charge is 0.507 e. The second kappa shape index (κ2) is 8.98. The summed E-state index contributed by atoms with van der Waals surface area (Å²) in [4.78, 5) is 27.7. The van der Waals surface area contributed by atoms with Crippen LogP contribution in [0, 0.1) is 0 Å². The van der Waals surface area contributed by atoms with Gasteiger partial charge in [-0.2, -0.15) is 0 Å². The van der Waals surface area contributed by atoms with Crippen LogP contribution >= 0.6 is 0 Å². The number of methoxy groups -OCH3 is 1. The lowest BCUT2D eigenvalue weighted by Gasteiger charge is -2.25. The molecule has 6 heteroatoms. The number of carbonyl (C=O) groups excluding carboxylic acids is 2. The third-order valence-electron chi connectivity index (χ3n) is 5.35. The van der Waals surface area contributed by atoms with E-state index >= 15 is 0 Å². The molecule has 0 unspecified atom stereocenters. The second-order valence-corrected chi connectivity index (χ2v) is 7.24. The minimum Gasteiger partial charge on any atom is -0.507 e. The van der Waals surface area contributed by atoms with Gasteiger partial charge in [-0.25, -0.2) is 0 Å². The van der Waals surface area contributed by atoms with Gasteiger partial charge in [0.05, 0.1) is 25.3 Å². The summed E-state index contributed by atoms with van der Waals surface area (Å²) in [5.74, 6) is -0.334. The van der Waals surface area contributed by atoms with Crippen molar-refractivity contribution in [1.82, 2.24) is 0 Å². The van der Waals surface area contributed by atoms with Gasteiger partial charge in [0.25, 0.3) is 11.7 Å². The van der Waals surface area contributed by atoms with Crippen LogP contribution in [0.1, 0.15) is 24.1 Å². The van der Waals surface area contributed by atoms with E-state index in [0.717, 1.165) is 0 Å². The van der Waals surface area contributed by atoms with Crippen molar-refractivity contribution in [3.63, 3.8) is 0 Å². The molecule has 1 aliphatic rings. The number of nitrogens with zero attached hydrogens (tertiary/aromatic N) is 1. The van der Waals surface area contributed by atoms with Crippen molar-refractivity contribution in [2.75, 3.05) is 18.6 Å². The molecule has 3 aromatic rings. The van der Waals surface area contributed by atoms with E-state index in [-0.39, 0.29) is 11.3 Å². The van der Waals surface area contributed by atoms with Crippen LogP contribution in [0.2, 0.25) is 0 Å². The molecular formula is C26H23NO5. The molecule has 0 radical (unpaired) electrons. The van der Waals surface area contributed by atoms with E-state index in [4.69, 9.17) is 9.47 Å². The van der Waals surface area contributed by atoms with Gasteiger partial charge in [0.15, 0.2) is 0 Å². The number of aliphatic hydroxyl groups is 1. The Hall–Kier alpha value is -4.06. The number of rotatable bonds is 6. The van der Waals surface area contributed by atoms with E-state index in [1.165, 1.54) is 4.90 Å². The Bertz CT molecular complexity index is 1150. The van der Waals surface area contributed by atoms with Crippen molar-refractivity contribution in [3.8, 4) is 11.5 Å². The number of carbonyl (C=O) groups is 2. The number of anilines is 1. The van der Waals surface area contributed by atoms with E-state index in [0.29, 0.717) is 34.9 Å². The molecule has 1 N–H and O–H groups in total. The van der Waals surface area contributed by atoms with E-state index in [1.54, 1.807) is 79.9 Å². The fourth-order valence-electron chi connectivity index (χ4n) is 3.82. The van der Waals surface area contributed by atoms with Gasteiger partial charge in [0.2, 0.25) is 0 Å². The van der Waals surface area contributed by atoms with Crippen LogP contribution in [-0.4, -0.2) is 30.5 Å². The molecule has 1 fully saturated rings. The molecule has 162 valence electrons. The summed E-state index contributed by atoms with van der Waals surface area (Å²) in [6.45, 7) is 2.41. The lowest BCUT2D eigenvalue weighted by molar-refractivity contribution is -0.132. The summed E-state index contributed by atoms with van der Waals surface area (Å²) in [5, 5.41) is 11.1. The molecule has 0 spiro atoms. The van der Waals surface area contributed by atoms with E-state index in [2.05, 4.69) is 0 Å². The van der Waals surface area contributed by atoms with Crippen molar-refractivity contribution >= 4 is 23.1 Å². The first-order valence-electron chi connectivity index (χ1n) is 10.3. The van der Waals surface area contributed by atoms with Crippen LogP contribution in [0.3, 0.4) is 0 Å². The molecule has 4 rings (SSSR count). The zero-order valence-electron chi connectivity index (χ0n) is 17.8. The van der Waals surface area contributed by atoms with Gasteiger partial charge in [-0.15, -0.1) is 0 Å². The lowest BCUT2D eigenvalue weighted by atomic mass is 9.95. The summed E-state index contributed by atoms with van der Waals surface area (Å²) >= 11 is 0. The van der Waals surface area contributed by atoms with Crippen LogP contribution in [0.15, 0.2) is 84.4 Å². The van der Waals surface area contributed by atoms with E-state index < -0.39 is 17.7 Å². The van der Waals surface area contributed by atoms with E-state index in [9.17, 15) is 14.7 Å². The summed E-state index contributed by atoms with van der Waals surface area (Å²) < 4.78 is 10.7. The molecule has 3 aromatic carbocycles. The summed E-state index contributed by atoms with van der Waals surface area (Å²) in [6.07, 6.45) is 0. The summed E-state index contributed by atoms with van der Waals surface area (Å²) in [5.41, 5.74) is 1.72. The van der Waals surface area contributed by atoms with Gasteiger partial charge in [-0.05, 0) is 48.9 Å². The number of benzene rings is 3. The number of ether oxygens (including phenoxy) is 2. The fraction of sp³-hybridized carbons (Fsp3) is 0.154. The highest BCUT2D eigenvalue weighted by atomic mass is 16.5. The maximum Gasteiger partial charge on any atom is 0.300 e. The van der Waals surface area contributed by atoms with Crippen LogP contribution in [0.4, 0.5) is 5.69 Å². The van der Waals surface area contributed by atoms with Gasteiger partial charge in [0.1, 0.15) is 17.3 Å². The molecule has 0 aliphatic carbocycles. The van der Waals surface area contributed by atoms with Crippen LogP contribution in [0.5, 0.6) is 11.5 Å². The van der Waals surface area contributed by atoms with Gasteiger partial charge >= 0.3 is 0 Å². The lowest BCUT2D eigenvalue weighted by Crippen LogP contribution is -2.29. The smallest absolute Gasteiger partial charge is 0.300 e. The summed E-state index contributed by atoms with van der Waals surface area (Å²) in [6, 6.07) is 22.0. The van der Waals surface area contributed by atoms with Crippen molar-refractivity contribution in [3.05, 3.63) is 95.6 Å². The number of aliphatic hydroxyl groups excluding tert-OH is 1. The number of Topliss-reactive ketones (excluding diaryl/α,β-unsaturated/α-hetero) is 1. The second-order valence-electron chi connectivity index (χ2n) is 7.24. The number of hydrogen-bond acceptors (Lipinski definition) is 5. The van der Waals surface area contributed by atoms with E-state index in [1.807, 2.05) is 13.0 Å². The number of amides is 1. The third kappa shape index (κ3) is 3.83. The zero-order valence-corrected chi connectivity index (χ0v) is 17.8. The zero-order chi connectivity index (χ0) is 22.7. The van der Waals surface area contributed by atoms with Crippen LogP contribution < -0.4 is 14.4 Å². The Kier molecular flexibility index (Phi) is 5.94. The molecule has 0 bridgehead atoms. The highest BCUT2D eigenvalue weighted by Gasteiger charge is 2.46. The molecule has 1 aliphatic heterocycles. The van der Waals surface area contributed by atoms with Gasteiger partial charge < -0.3 is 14.6 Å². The standard InChI is InChI=1S/C26H23NO5/c1-3-32-21-15-11-19(12-16-21)27-23(17-9-13-20(31-2)14-10-17)22(25(29)26(27)30)24(28)18-7-5-4-6-8-18/h4-16,23,28H,3H2,1-2H3/t23-/m1/s1. The molecule has 1 atom stereocenters. The Morgan fingerprint density at radius 1 is 0.906 bits per heavy atom. The topological polar surface area (TPSA) is 76.1 Å². The Labute approximate surface area is 186 Å². The quantitative estimate of drug-likeness (QED) is 0.349. The predicted molar refractivity (Wildman–Crippen MR) is 122 cm³/mol. The van der Waals surface area contributed by atoms with Gasteiger partial charge in [0, 0.05) is 11.3 Å². The first kappa shape index (κ1) is 21.2. The van der Waals surface area contributed by atoms with Crippen molar-refractivity contribution in [2.45, 2.75) is 13.0 Å². The SMILES string of the molecule is CCOc1ccc(N2C(=O)C(=O)C(=C(O)c3ccccc3)[C@H]2c2ccc(OC)cc2)cc1. The Morgan fingerprint density at radius 2 is 1.53 bits per heavy atom. The average Bonchev–Trinajstić information content (AvgIpc) is 3.10. The normalized spacial score (nSPS) is 17.4. The first-order chi connectivity index (χ1) is 15.5. The van der Waals surface area contributed by atoms with Gasteiger partial charge in [-0.1, -0.05) is 42.5 Å². The average molecular weight is 429 g/mol. The maximum atomic E-state index is 13.1. The highest BCUT2D eigenvalue weighted by Crippen LogP contribution is 2.42. The van der Waals surface area contributed by atoms with Gasteiger partial charge in [-0.3, -0.25) is 14.5 Å².